The summed E-state index contributed by atoms with van der Waals surface area (Å²) in [5.74, 6) is 0.709. The number of hydrogen-bond donors (Lipinski definition) is 2. The average Bonchev–Trinajstić information content (AvgIpc) is 2.39. The Bertz CT molecular complexity index is 295. The molecule has 2 nitrogen and oxygen atoms in total. The standard InChI is InChI=1S/C15H25NO/c1-4-13(5-2)11-16-12(3)15(17)14-9-7-6-8-10-14/h6-10,12-13,15-17H,4-5,11H2,1-3H3. The van der Waals surface area contributed by atoms with Gasteiger partial charge in [0.2, 0.25) is 0 Å². The zero-order valence-electron chi connectivity index (χ0n) is 11.2. The Morgan fingerprint density at radius 3 is 2.24 bits per heavy atom. The third-order valence-electron chi connectivity index (χ3n) is 3.50. The van der Waals surface area contributed by atoms with Gasteiger partial charge in [-0.2, -0.15) is 0 Å². The molecule has 1 aromatic carbocycles. The first kappa shape index (κ1) is 14.2. The highest BCUT2D eigenvalue weighted by Crippen LogP contribution is 2.16. The number of hydrogen-bond acceptors (Lipinski definition) is 2. The third kappa shape index (κ3) is 4.49. The van der Waals surface area contributed by atoms with Gasteiger partial charge in [-0.1, -0.05) is 57.0 Å². The summed E-state index contributed by atoms with van der Waals surface area (Å²) < 4.78 is 0. The molecule has 0 fully saturated rings. The molecule has 0 aliphatic rings. The molecule has 0 aliphatic heterocycles. The topological polar surface area (TPSA) is 32.3 Å². The van der Waals surface area contributed by atoms with Crippen LogP contribution in [0.15, 0.2) is 30.3 Å². The van der Waals surface area contributed by atoms with E-state index in [2.05, 4.69) is 19.2 Å². The summed E-state index contributed by atoms with van der Waals surface area (Å²) in [6.07, 6.45) is 1.96. The lowest BCUT2D eigenvalue weighted by Gasteiger charge is -2.23. The fourth-order valence-electron chi connectivity index (χ4n) is 1.98. The maximum Gasteiger partial charge on any atom is 0.0940 e. The van der Waals surface area contributed by atoms with E-state index in [1.54, 1.807) is 0 Å². The zero-order valence-corrected chi connectivity index (χ0v) is 11.2. The highest BCUT2D eigenvalue weighted by molar-refractivity contribution is 5.18. The second kappa shape index (κ2) is 7.46. The second-order valence-electron chi connectivity index (χ2n) is 4.73. The molecule has 2 N–H and O–H groups in total. The van der Waals surface area contributed by atoms with Gasteiger partial charge in [0, 0.05) is 6.04 Å². The molecule has 1 aromatic rings. The van der Waals surface area contributed by atoms with Gasteiger partial charge in [0.15, 0.2) is 0 Å². The number of nitrogens with one attached hydrogen (secondary N) is 1. The Kier molecular flexibility index (Phi) is 6.23. The first-order valence-electron chi connectivity index (χ1n) is 6.65. The van der Waals surface area contributed by atoms with E-state index in [0.717, 1.165) is 12.1 Å². The number of aliphatic hydroxyl groups excluding tert-OH is 1. The van der Waals surface area contributed by atoms with Crippen LogP contribution in [0.5, 0.6) is 0 Å². The summed E-state index contributed by atoms with van der Waals surface area (Å²) in [6.45, 7) is 7.46. The van der Waals surface area contributed by atoms with Crippen LogP contribution in [-0.4, -0.2) is 17.7 Å². The van der Waals surface area contributed by atoms with Crippen LogP contribution in [0.2, 0.25) is 0 Å². The predicted molar refractivity (Wildman–Crippen MR) is 72.9 cm³/mol. The maximum atomic E-state index is 10.2. The molecule has 0 saturated heterocycles. The van der Waals surface area contributed by atoms with E-state index in [1.165, 1.54) is 12.8 Å². The van der Waals surface area contributed by atoms with Crippen molar-refractivity contribution in [3.8, 4) is 0 Å². The summed E-state index contributed by atoms with van der Waals surface area (Å²) in [6, 6.07) is 9.94. The van der Waals surface area contributed by atoms with Crippen LogP contribution in [0, 0.1) is 5.92 Å². The van der Waals surface area contributed by atoms with Gasteiger partial charge in [0.1, 0.15) is 0 Å². The van der Waals surface area contributed by atoms with E-state index in [1.807, 2.05) is 37.3 Å². The molecule has 17 heavy (non-hydrogen) atoms. The van der Waals surface area contributed by atoms with Crippen molar-refractivity contribution < 1.29 is 5.11 Å². The smallest absolute Gasteiger partial charge is 0.0940 e. The Balaban J connectivity index is 2.45. The van der Waals surface area contributed by atoms with Gasteiger partial charge < -0.3 is 10.4 Å². The fraction of sp³-hybridized carbons (Fsp3) is 0.600. The molecule has 0 aromatic heterocycles. The van der Waals surface area contributed by atoms with Crippen LogP contribution in [0.1, 0.15) is 45.3 Å². The van der Waals surface area contributed by atoms with Crippen LogP contribution < -0.4 is 5.32 Å². The van der Waals surface area contributed by atoms with E-state index in [4.69, 9.17) is 0 Å². The van der Waals surface area contributed by atoms with E-state index in [-0.39, 0.29) is 6.04 Å². The van der Waals surface area contributed by atoms with Gasteiger partial charge in [-0.05, 0) is 24.9 Å². The van der Waals surface area contributed by atoms with Crippen LogP contribution in [0.4, 0.5) is 0 Å². The normalized spacial score (nSPS) is 14.9. The Labute approximate surface area is 105 Å². The van der Waals surface area contributed by atoms with Gasteiger partial charge in [-0.3, -0.25) is 0 Å². The van der Waals surface area contributed by atoms with Crippen LogP contribution in [-0.2, 0) is 0 Å². The van der Waals surface area contributed by atoms with Crippen molar-refractivity contribution in [1.29, 1.82) is 0 Å². The SMILES string of the molecule is CCC(CC)CNC(C)C(O)c1ccccc1. The fourth-order valence-corrected chi connectivity index (χ4v) is 1.98. The van der Waals surface area contributed by atoms with Gasteiger partial charge in [-0.15, -0.1) is 0 Å². The number of aliphatic hydroxyl groups is 1. The van der Waals surface area contributed by atoms with Crippen LogP contribution in [0.25, 0.3) is 0 Å². The number of benzene rings is 1. The molecule has 0 spiro atoms. The van der Waals surface area contributed by atoms with Crippen molar-refractivity contribution in [2.75, 3.05) is 6.54 Å². The predicted octanol–water partition coefficient (Wildman–Crippen LogP) is 3.13. The van der Waals surface area contributed by atoms with E-state index < -0.39 is 6.10 Å². The van der Waals surface area contributed by atoms with Crippen molar-refractivity contribution >= 4 is 0 Å². The Morgan fingerprint density at radius 1 is 1.12 bits per heavy atom. The molecule has 0 radical (unpaired) electrons. The molecule has 0 amide bonds. The minimum Gasteiger partial charge on any atom is -0.387 e. The van der Waals surface area contributed by atoms with Crippen LogP contribution in [0.3, 0.4) is 0 Å². The molecule has 0 aliphatic carbocycles. The molecule has 0 bridgehead atoms. The van der Waals surface area contributed by atoms with Gasteiger partial charge in [0.05, 0.1) is 6.10 Å². The van der Waals surface area contributed by atoms with Crippen LogP contribution >= 0.6 is 0 Å². The lowest BCUT2D eigenvalue weighted by molar-refractivity contribution is 0.133. The first-order chi connectivity index (χ1) is 8.19. The molecule has 2 unspecified atom stereocenters. The van der Waals surface area contributed by atoms with E-state index in [9.17, 15) is 5.11 Å². The third-order valence-corrected chi connectivity index (χ3v) is 3.50. The average molecular weight is 235 g/mol. The highest BCUT2D eigenvalue weighted by atomic mass is 16.3. The highest BCUT2D eigenvalue weighted by Gasteiger charge is 2.16. The lowest BCUT2D eigenvalue weighted by Crippen LogP contribution is -2.35. The molecular formula is C15H25NO. The summed E-state index contributed by atoms with van der Waals surface area (Å²) in [7, 11) is 0. The Morgan fingerprint density at radius 2 is 1.71 bits per heavy atom. The number of rotatable bonds is 7. The van der Waals surface area contributed by atoms with Crippen molar-refractivity contribution in [2.24, 2.45) is 5.92 Å². The first-order valence-corrected chi connectivity index (χ1v) is 6.65. The molecule has 0 heterocycles. The molecule has 1 rings (SSSR count). The Hall–Kier alpha value is -0.860. The molecule has 2 atom stereocenters. The monoisotopic (exact) mass is 235 g/mol. The zero-order chi connectivity index (χ0) is 12.7. The largest absolute Gasteiger partial charge is 0.387 e. The minimum atomic E-state index is -0.425. The van der Waals surface area contributed by atoms with Crippen molar-refractivity contribution in [3.05, 3.63) is 35.9 Å². The minimum absolute atomic E-state index is 0.0954. The van der Waals surface area contributed by atoms with Gasteiger partial charge in [0.25, 0.3) is 0 Å². The van der Waals surface area contributed by atoms with E-state index in [0.29, 0.717) is 5.92 Å². The van der Waals surface area contributed by atoms with Crippen molar-refractivity contribution in [2.45, 2.75) is 45.8 Å². The maximum absolute atomic E-state index is 10.2. The quantitative estimate of drug-likeness (QED) is 0.761. The van der Waals surface area contributed by atoms with E-state index >= 15 is 0 Å². The van der Waals surface area contributed by atoms with Crippen molar-refractivity contribution in [1.82, 2.24) is 5.32 Å². The summed E-state index contributed by atoms with van der Waals surface area (Å²) in [5.41, 5.74) is 0.983. The van der Waals surface area contributed by atoms with Crippen molar-refractivity contribution in [3.63, 3.8) is 0 Å². The molecular weight excluding hydrogens is 210 g/mol. The second-order valence-corrected chi connectivity index (χ2v) is 4.73. The summed E-state index contributed by atoms with van der Waals surface area (Å²) >= 11 is 0. The summed E-state index contributed by atoms with van der Waals surface area (Å²) in [5, 5.41) is 13.6. The molecule has 0 saturated carbocycles. The summed E-state index contributed by atoms with van der Waals surface area (Å²) in [4.78, 5) is 0. The lowest BCUT2D eigenvalue weighted by atomic mass is 10.0. The van der Waals surface area contributed by atoms with Gasteiger partial charge >= 0.3 is 0 Å². The molecule has 2 heteroatoms. The molecule has 96 valence electrons. The van der Waals surface area contributed by atoms with Gasteiger partial charge in [-0.25, -0.2) is 0 Å².